The van der Waals surface area contributed by atoms with Crippen LogP contribution in [0.5, 0.6) is 0 Å². The van der Waals surface area contributed by atoms with Gasteiger partial charge in [-0.05, 0) is 12.8 Å². The van der Waals surface area contributed by atoms with Crippen LogP contribution in [0.15, 0.2) is 12.2 Å². The molecule has 0 saturated carbocycles. The molecule has 0 bridgehead atoms. The second kappa shape index (κ2) is 28.9. The standard InChI is InChI=1S/C28H56O3S.Na/c1-2-3-4-5-6-7-8-9-10-11-12-13-14-15-16-17-18-19-20-21-22-23-24-25-26-27-28-32(29,30)31;/h26-27H,2-25,28H2,1H3,(H,29,30,31);/q;+1/p-1. The second-order valence-electron chi connectivity index (χ2n) is 9.76. The van der Waals surface area contributed by atoms with E-state index < -0.39 is 10.1 Å². The van der Waals surface area contributed by atoms with Crippen LogP contribution in [0.25, 0.3) is 0 Å². The van der Waals surface area contributed by atoms with E-state index in [-0.39, 0.29) is 35.3 Å². The molecule has 0 radical (unpaired) electrons. The molecule has 0 aromatic rings. The predicted octanol–water partition coefficient (Wildman–Crippen LogP) is 6.47. The van der Waals surface area contributed by atoms with Gasteiger partial charge in [-0.15, -0.1) is 0 Å². The van der Waals surface area contributed by atoms with Gasteiger partial charge in [0.15, 0.2) is 0 Å². The minimum atomic E-state index is -4.09. The van der Waals surface area contributed by atoms with Crippen LogP contribution in [0.2, 0.25) is 0 Å². The molecule has 0 heterocycles. The van der Waals surface area contributed by atoms with Crippen LogP contribution in [0, 0.1) is 0 Å². The van der Waals surface area contributed by atoms with Crippen LogP contribution in [0.4, 0.5) is 0 Å². The smallest absolute Gasteiger partial charge is 0.748 e. The zero-order valence-corrected chi connectivity index (χ0v) is 25.3. The van der Waals surface area contributed by atoms with E-state index in [0.29, 0.717) is 0 Å². The quantitative estimate of drug-likeness (QED) is 0.0599. The van der Waals surface area contributed by atoms with Gasteiger partial charge in [-0.3, -0.25) is 0 Å². The van der Waals surface area contributed by atoms with Gasteiger partial charge in [0, 0.05) is 0 Å². The maximum atomic E-state index is 10.5. The minimum Gasteiger partial charge on any atom is -0.748 e. The van der Waals surface area contributed by atoms with Crippen molar-refractivity contribution in [1.29, 1.82) is 0 Å². The van der Waals surface area contributed by atoms with Crippen LogP contribution in [-0.2, 0) is 10.1 Å². The van der Waals surface area contributed by atoms with Crippen LogP contribution in [0.3, 0.4) is 0 Å². The first-order valence-corrected chi connectivity index (χ1v) is 15.7. The van der Waals surface area contributed by atoms with E-state index in [2.05, 4.69) is 6.92 Å². The van der Waals surface area contributed by atoms with Crippen LogP contribution in [-0.4, -0.2) is 18.7 Å². The van der Waals surface area contributed by atoms with Crippen LogP contribution in [0.1, 0.15) is 161 Å². The fourth-order valence-electron chi connectivity index (χ4n) is 4.35. The van der Waals surface area contributed by atoms with Gasteiger partial charge in [0.25, 0.3) is 0 Å². The van der Waals surface area contributed by atoms with Gasteiger partial charge in [0.05, 0.1) is 15.9 Å². The van der Waals surface area contributed by atoms with Crippen molar-refractivity contribution in [2.75, 3.05) is 5.75 Å². The normalized spacial score (nSPS) is 11.8. The summed E-state index contributed by atoms with van der Waals surface area (Å²) >= 11 is 0. The third-order valence-electron chi connectivity index (χ3n) is 6.44. The fraction of sp³-hybridized carbons (Fsp3) is 0.929. The van der Waals surface area contributed by atoms with E-state index in [9.17, 15) is 13.0 Å². The van der Waals surface area contributed by atoms with Crippen molar-refractivity contribution in [2.45, 2.75) is 161 Å². The molecule has 0 atom stereocenters. The van der Waals surface area contributed by atoms with Crippen LogP contribution < -0.4 is 29.6 Å². The Kier molecular flexibility index (Phi) is 31.3. The van der Waals surface area contributed by atoms with Crippen LogP contribution >= 0.6 is 0 Å². The molecule has 0 spiro atoms. The average Bonchev–Trinajstić information content (AvgIpc) is 2.75. The Hall–Kier alpha value is 0.650. The largest absolute Gasteiger partial charge is 1.00 e. The molecule has 33 heavy (non-hydrogen) atoms. The van der Waals surface area contributed by atoms with Gasteiger partial charge >= 0.3 is 29.6 Å². The molecular weight excluding hydrogens is 439 g/mol. The summed E-state index contributed by atoms with van der Waals surface area (Å²) in [6, 6.07) is 0. The van der Waals surface area contributed by atoms with Gasteiger partial charge in [0.1, 0.15) is 0 Å². The zero-order valence-electron chi connectivity index (χ0n) is 22.5. The molecule has 0 aliphatic rings. The Morgan fingerprint density at radius 3 is 1.03 bits per heavy atom. The summed E-state index contributed by atoms with van der Waals surface area (Å²) in [6.07, 6.45) is 36.2. The van der Waals surface area contributed by atoms with Crippen molar-refractivity contribution in [3.05, 3.63) is 12.2 Å². The van der Waals surface area contributed by atoms with Gasteiger partial charge in [-0.1, -0.05) is 160 Å². The molecule has 0 aliphatic carbocycles. The monoisotopic (exact) mass is 494 g/mol. The molecule has 0 fully saturated rings. The average molecular weight is 495 g/mol. The first kappa shape index (κ1) is 35.8. The summed E-state index contributed by atoms with van der Waals surface area (Å²) in [5.41, 5.74) is 0. The molecule has 3 nitrogen and oxygen atoms in total. The van der Waals surface area contributed by atoms with E-state index in [4.69, 9.17) is 0 Å². The number of hydrogen-bond donors (Lipinski definition) is 0. The number of hydrogen-bond acceptors (Lipinski definition) is 3. The topological polar surface area (TPSA) is 57.2 Å². The molecule has 0 aliphatic heterocycles. The Morgan fingerprint density at radius 2 is 0.758 bits per heavy atom. The van der Waals surface area contributed by atoms with E-state index in [1.807, 2.05) is 6.08 Å². The third-order valence-corrected chi connectivity index (χ3v) is 7.04. The van der Waals surface area contributed by atoms with E-state index in [1.54, 1.807) is 0 Å². The summed E-state index contributed by atoms with van der Waals surface area (Å²) < 4.78 is 31.4. The molecule has 0 unspecified atom stereocenters. The molecule has 0 saturated heterocycles. The Labute approximate surface area is 230 Å². The molecule has 5 heteroatoms. The second-order valence-corrected chi connectivity index (χ2v) is 11.2. The SMILES string of the molecule is CCCCCCCCCCCCCCCCCCCCCCCCCC=CCS(=O)(=O)[O-].[Na+]. The zero-order chi connectivity index (χ0) is 23.6. The van der Waals surface area contributed by atoms with Gasteiger partial charge in [-0.25, -0.2) is 8.42 Å². The molecule has 0 aromatic carbocycles. The molecule has 0 amide bonds. The summed E-state index contributed by atoms with van der Waals surface area (Å²) in [5, 5.41) is 0. The van der Waals surface area contributed by atoms with Gasteiger partial charge in [0.2, 0.25) is 0 Å². The Bertz CT molecular complexity index is 491. The Balaban J connectivity index is 0. The molecule has 0 rings (SSSR count). The number of rotatable bonds is 26. The number of unbranched alkanes of at least 4 members (excludes halogenated alkanes) is 23. The first-order chi connectivity index (χ1) is 15.6. The third kappa shape index (κ3) is 34.9. The van der Waals surface area contributed by atoms with Gasteiger partial charge in [-0.2, -0.15) is 0 Å². The predicted molar refractivity (Wildman–Crippen MR) is 140 cm³/mol. The summed E-state index contributed by atoms with van der Waals surface area (Å²) in [6.45, 7) is 2.29. The molecule has 0 aromatic heterocycles. The van der Waals surface area contributed by atoms with Crippen molar-refractivity contribution in [3.8, 4) is 0 Å². The van der Waals surface area contributed by atoms with E-state index >= 15 is 0 Å². The van der Waals surface area contributed by atoms with Crippen molar-refractivity contribution in [2.24, 2.45) is 0 Å². The Morgan fingerprint density at radius 1 is 0.485 bits per heavy atom. The maximum Gasteiger partial charge on any atom is 1.00 e. The fourth-order valence-corrected chi connectivity index (χ4v) is 4.72. The molecule has 0 N–H and O–H groups in total. The summed E-state index contributed by atoms with van der Waals surface area (Å²) in [4.78, 5) is 0. The number of allylic oxidation sites excluding steroid dienone is 1. The van der Waals surface area contributed by atoms with Crippen molar-refractivity contribution in [1.82, 2.24) is 0 Å². The molecule has 192 valence electrons. The van der Waals surface area contributed by atoms with Crippen molar-refractivity contribution >= 4 is 10.1 Å². The minimum absolute atomic E-state index is 0. The maximum absolute atomic E-state index is 10.5. The van der Waals surface area contributed by atoms with Crippen molar-refractivity contribution in [3.63, 3.8) is 0 Å². The molecular formula is C28H55NaO3S. The van der Waals surface area contributed by atoms with Gasteiger partial charge < -0.3 is 4.55 Å². The summed E-state index contributed by atoms with van der Waals surface area (Å²) in [5.74, 6) is -0.369. The van der Waals surface area contributed by atoms with E-state index in [0.717, 1.165) is 12.8 Å². The van der Waals surface area contributed by atoms with E-state index in [1.165, 1.54) is 147 Å². The summed E-state index contributed by atoms with van der Waals surface area (Å²) in [7, 11) is -4.09. The first-order valence-electron chi connectivity index (χ1n) is 14.1. The van der Waals surface area contributed by atoms with Crippen molar-refractivity contribution < 1.29 is 42.5 Å².